The maximum atomic E-state index is 11.7. The number of nitrogens with one attached hydrogen (secondary N) is 1. The highest BCUT2D eigenvalue weighted by atomic mass is 16.2. The second-order valence-corrected chi connectivity index (χ2v) is 5.84. The van der Waals surface area contributed by atoms with Crippen molar-refractivity contribution in [3.63, 3.8) is 0 Å². The molecule has 2 unspecified atom stereocenters. The summed E-state index contributed by atoms with van der Waals surface area (Å²) in [6.45, 7) is 4.58. The molecule has 1 saturated carbocycles. The summed E-state index contributed by atoms with van der Waals surface area (Å²) in [6, 6.07) is 0. The minimum atomic E-state index is 0.184. The van der Waals surface area contributed by atoms with E-state index in [1.165, 1.54) is 44.9 Å². The lowest BCUT2D eigenvalue weighted by atomic mass is 9.68. The molecule has 0 bridgehead atoms. The third-order valence-electron chi connectivity index (χ3n) is 4.68. The second-order valence-electron chi connectivity index (χ2n) is 5.84. The van der Waals surface area contributed by atoms with Gasteiger partial charge in [-0.25, -0.2) is 0 Å². The van der Waals surface area contributed by atoms with Crippen molar-refractivity contribution in [2.45, 2.75) is 70.8 Å². The molecule has 1 spiro atoms. The largest absolute Gasteiger partial charge is 0.350 e. The van der Waals surface area contributed by atoms with Crippen LogP contribution in [0.25, 0.3) is 0 Å². The normalized spacial score (nSPS) is 30.4. The Hall–Kier alpha value is -0.530. The molecule has 2 aliphatic rings. The Bertz CT molecular complexity index is 255. The Morgan fingerprint density at radius 1 is 1.38 bits per heavy atom. The molecule has 2 nitrogen and oxygen atoms in total. The van der Waals surface area contributed by atoms with Crippen LogP contribution in [0, 0.1) is 11.8 Å². The molecule has 0 aromatic rings. The van der Waals surface area contributed by atoms with E-state index in [9.17, 15) is 4.79 Å². The average Bonchev–Trinajstić information content (AvgIpc) is 2.57. The molecule has 16 heavy (non-hydrogen) atoms. The SMILES string of the molecule is CCCC(C)C1CC(=O)NC12CCCCC2. The smallest absolute Gasteiger partial charge is 0.220 e. The first-order chi connectivity index (χ1) is 7.68. The van der Waals surface area contributed by atoms with Gasteiger partial charge in [0.1, 0.15) is 0 Å². The molecule has 2 heteroatoms. The van der Waals surface area contributed by atoms with Crippen LogP contribution in [0.5, 0.6) is 0 Å². The zero-order valence-corrected chi connectivity index (χ0v) is 10.7. The molecule has 1 amide bonds. The average molecular weight is 223 g/mol. The van der Waals surface area contributed by atoms with Crippen LogP contribution in [0.15, 0.2) is 0 Å². The van der Waals surface area contributed by atoms with E-state index in [0.29, 0.717) is 17.7 Å². The van der Waals surface area contributed by atoms with E-state index in [1.807, 2.05) is 0 Å². The maximum absolute atomic E-state index is 11.7. The summed E-state index contributed by atoms with van der Waals surface area (Å²) < 4.78 is 0. The first kappa shape index (κ1) is 11.9. The Balaban J connectivity index is 2.11. The summed E-state index contributed by atoms with van der Waals surface area (Å²) >= 11 is 0. The molecule has 2 atom stereocenters. The van der Waals surface area contributed by atoms with E-state index in [0.717, 1.165) is 6.42 Å². The van der Waals surface area contributed by atoms with Gasteiger partial charge in [0.2, 0.25) is 5.91 Å². The monoisotopic (exact) mass is 223 g/mol. The van der Waals surface area contributed by atoms with Crippen LogP contribution in [0.1, 0.15) is 65.2 Å². The van der Waals surface area contributed by atoms with Crippen LogP contribution in [0.2, 0.25) is 0 Å². The Morgan fingerprint density at radius 3 is 2.69 bits per heavy atom. The topological polar surface area (TPSA) is 29.1 Å². The summed E-state index contributed by atoms with van der Waals surface area (Å²) in [4.78, 5) is 11.7. The van der Waals surface area contributed by atoms with E-state index in [1.54, 1.807) is 0 Å². The molecule has 1 saturated heterocycles. The second kappa shape index (κ2) is 4.77. The van der Waals surface area contributed by atoms with Crippen molar-refractivity contribution in [3.05, 3.63) is 0 Å². The molecular weight excluding hydrogens is 198 g/mol. The van der Waals surface area contributed by atoms with Gasteiger partial charge in [-0.15, -0.1) is 0 Å². The number of amides is 1. The molecule has 2 fully saturated rings. The van der Waals surface area contributed by atoms with E-state index >= 15 is 0 Å². The Labute approximate surface area is 99.2 Å². The minimum absolute atomic E-state index is 0.184. The van der Waals surface area contributed by atoms with Gasteiger partial charge in [-0.2, -0.15) is 0 Å². The number of rotatable bonds is 3. The Morgan fingerprint density at radius 2 is 2.06 bits per heavy atom. The highest BCUT2D eigenvalue weighted by Gasteiger charge is 2.48. The number of carbonyl (C=O) groups is 1. The zero-order chi connectivity index (χ0) is 11.6. The number of hydrogen-bond donors (Lipinski definition) is 1. The summed E-state index contributed by atoms with van der Waals surface area (Å²) in [6.07, 6.45) is 9.68. The maximum Gasteiger partial charge on any atom is 0.220 e. The van der Waals surface area contributed by atoms with Gasteiger partial charge in [0.15, 0.2) is 0 Å². The predicted molar refractivity (Wildman–Crippen MR) is 66.1 cm³/mol. The van der Waals surface area contributed by atoms with Gasteiger partial charge in [-0.1, -0.05) is 46.0 Å². The fourth-order valence-electron chi connectivity index (χ4n) is 3.90. The van der Waals surface area contributed by atoms with Crippen molar-refractivity contribution in [2.24, 2.45) is 11.8 Å². The first-order valence-corrected chi connectivity index (χ1v) is 6.99. The van der Waals surface area contributed by atoms with Crippen molar-refractivity contribution in [2.75, 3.05) is 0 Å². The van der Waals surface area contributed by atoms with Gasteiger partial charge < -0.3 is 5.32 Å². The van der Waals surface area contributed by atoms with E-state index < -0.39 is 0 Å². The van der Waals surface area contributed by atoms with Crippen LogP contribution >= 0.6 is 0 Å². The van der Waals surface area contributed by atoms with Crippen LogP contribution in [0.3, 0.4) is 0 Å². The van der Waals surface area contributed by atoms with E-state index in [4.69, 9.17) is 0 Å². The van der Waals surface area contributed by atoms with E-state index in [-0.39, 0.29) is 5.54 Å². The van der Waals surface area contributed by atoms with Crippen molar-refractivity contribution in [1.29, 1.82) is 0 Å². The van der Waals surface area contributed by atoms with Crippen LogP contribution in [-0.2, 0) is 4.79 Å². The highest BCUT2D eigenvalue weighted by Crippen LogP contribution is 2.44. The van der Waals surface area contributed by atoms with Gasteiger partial charge >= 0.3 is 0 Å². The van der Waals surface area contributed by atoms with Crippen molar-refractivity contribution in [3.8, 4) is 0 Å². The number of hydrogen-bond acceptors (Lipinski definition) is 1. The van der Waals surface area contributed by atoms with Gasteiger partial charge in [-0.05, 0) is 24.7 Å². The third kappa shape index (κ3) is 2.11. The quantitative estimate of drug-likeness (QED) is 0.781. The molecule has 2 rings (SSSR count). The molecule has 1 heterocycles. The predicted octanol–water partition coefficient (Wildman–Crippen LogP) is 3.26. The van der Waals surface area contributed by atoms with Gasteiger partial charge in [-0.3, -0.25) is 4.79 Å². The molecule has 92 valence electrons. The van der Waals surface area contributed by atoms with Gasteiger partial charge in [0.05, 0.1) is 0 Å². The van der Waals surface area contributed by atoms with Crippen LogP contribution in [-0.4, -0.2) is 11.4 Å². The summed E-state index contributed by atoms with van der Waals surface area (Å²) in [7, 11) is 0. The molecule has 1 aliphatic heterocycles. The fourth-order valence-corrected chi connectivity index (χ4v) is 3.90. The lowest BCUT2D eigenvalue weighted by Gasteiger charge is -2.41. The summed E-state index contributed by atoms with van der Waals surface area (Å²) in [5, 5.41) is 3.32. The van der Waals surface area contributed by atoms with Gasteiger partial charge in [0.25, 0.3) is 0 Å². The summed E-state index contributed by atoms with van der Waals surface area (Å²) in [5.74, 6) is 1.59. The van der Waals surface area contributed by atoms with Crippen LogP contribution in [0.4, 0.5) is 0 Å². The number of carbonyl (C=O) groups excluding carboxylic acids is 1. The fraction of sp³-hybridized carbons (Fsp3) is 0.929. The van der Waals surface area contributed by atoms with Crippen molar-refractivity contribution >= 4 is 5.91 Å². The Kier molecular flexibility index (Phi) is 3.56. The minimum Gasteiger partial charge on any atom is -0.350 e. The highest BCUT2D eigenvalue weighted by molar-refractivity contribution is 5.80. The van der Waals surface area contributed by atoms with Crippen molar-refractivity contribution in [1.82, 2.24) is 5.32 Å². The summed E-state index contributed by atoms with van der Waals surface area (Å²) in [5.41, 5.74) is 0.184. The first-order valence-electron chi connectivity index (χ1n) is 6.99. The molecular formula is C14H25NO. The lowest BCUT2D eigenvalue weighted by molar-refractivity contribution is -0.120. The lowest BCUT2D eigenvalue weighted by Crippen LogP contribution is -2.49. The third-order valence-corrected chi connectivity index (χ3v) is 4.68. The molecule has 1 N–H and O–H groups in total. The standard InChI is InChI=1S/C14H25NO/c1-3-7-11(2)12-10-13(16)15-14(12)8-5-4-6-9-14/h11-12H,3-10H2,1-2H3,(H,15,16). The molecule has 1 aliphatic carbocycles. The molecule has 0 radical (unpaired) electrons. The molecule has 0 aromatic carbocycles. The van der Waals surface area contributed by atoms with Crippen LogP contribution < -0.4 is 5.32 Å². The van der Waals surface area contributed by atoms with Crippen molar-refractivity contribution < 1.29 is 4.79 Å². The zero-order valence-electron chi connectivity index (χ0n) is 10.7. The molecule has 0 aromatic heterocycles. The van der Waals surface area contributed by atoms with E-state index in [2.05, 4.69) is 19.2 Å². The van der Waals surface area contributed by atoms with Gasteiger partial charge in [0, 0.05) is 12.0 Å².